The van der Waals surface area contributed by atoms with Gasteiger partial charge in [0.15, 0.2) is 0 Å². The first kappa shape index (κ1) is 16.8. The van der Waals surface area contributed by atoms with E-state index in [1.165, 1.54) is 25.0 Å². The Morgan fingerprint density at radius 3 is 2.46 bits per heavy atom. The van der Waals surface area contributed by atoms with E-state index >= 15 is 0 Å². The van der Waals surface area contributed by atoms with Crippen LogP contribution in [0, 0.1) is 23.6 Å². The third-order valence-electron chi connectivity index (χ3n) is 5.62. The second-order valence-corrected chi connectivity index (χ2v) is 7.17. The molecule has 3 nitrogen and oxygen atoms in total. The first-order valence-corrected chi connectivity index (χ1v) is 9.14. The number of rotatable bonds is 1. The number of aromatic nitrogens is 1. The molecule has 132 valence electrons. The normalized spacial score (nSPS) is 24.8. The number of carbonyl (C=O) groups is 1. The van der Waals surface area contributed by atoms with Crippen molar-refractivity contribution in [2.24, 2.45) is 5.92 Å². The Balaban J connectivity index is 1.54. The molecule has 2 aromatic rings. The van der Waals surface area contributed by atoms with E-state index < -0.39 is 0 Å². The van der Waals surface area contributed by atoms with Crippen LogP contribution < -0.4 is 0 Å². The molecule has 1 aromatic heterocycles. The van der Waals surface area contributed by atoms with Crippen LogP contribution in [0.1, 0.15) is 48.4 Å². The van der Waals surface area contributed by atoms with Gasteiger partial charge in [-0.15, -0.1) is 0 Å². The Morgan fingerprint density at radius 1 is 1.04 bits per heavy atom. The van der Waals surface area contributed by atoms with Gasteiger partial charge in [-0.3, -0.25) is 9.78 Å². The van der Waals surface area contributed by atoms with Crippen molar-refractivity contribution < 1.29 is 9.18 Å². The fourth-order valence-corrected chi connectivity index (χ4v) is 4.26. The molecule has 2 fully saturated rings. The minimum atomic E-state index is -0.270. The topological polar surface area (TPSA) is 33.2 Å². The standard InChI is InChI=1S/C22H21FN2O/c1-25-20-5-3-2-4-18(20)21(22(25)26)19-13-10-16(14-24-19)7-6-15-8-11-17(23)12-9-15/h8-14,18,20-21H,2-5H2,1H3/t18?,20?,21-/m1/s1. The summed E-state index contributed by atoms with van der Waals surface area (Å²) in [5.41, 5.74) is 2.40. The Morgan fingerprint density at radius 2 is 1.73 bits per heavy atom. The van der Waals surface area contributed by atoms with Crippen molar-refractivity contribution >= 4 is 5.91 Å². The summed E-state index contributed by atoms with van der Waals surface area (Å²) in [6, 6.07) is 10.3. The zero-order chi connectivity index (χ0) is 18.1. The molecule has 2 heterocycles. The number of hydrogen-bond donors (Lipinski definition) is 0. The predicted octanol–water partition coefficient (Wildman–Crippen LogP) is 3.73. The van der Waals surface area contributed by atoms with E-state index in [1.54, 1.807) is 18.3 Å². The van der Waals surface area contributed by atoms with Crippen LogP contribution in [-0.4, -0.2) is 28.9 Å². The Hall–Kier alpha value is -2.67. The zero-order valence-electron chi connectivity index (χ0n) is 14.8. The highest BCUT2D eigenvalue weighted by molar-refractivity contribution is 5.86. The second kappa shape index (κ2) is 6.92. The van der Waals surface area contributed by atoms with Gasteiger partial charge in [-0.25, -0.2) is 4.39 Å². The maximum Gasteiger partial charge on any atom is 0.232 e. The van der Waals surface area contributed by atoms with Crippen LogP contribution in [0.5, 0.6) is 0 Å². The van der Waals surface area contributed by atoms with Crippen LogP contribution in [-0.2, 0) is 4.79 Å². The minimum Gasteiger partial charge on any atom is -0.342 e. The van der Waals surface area contributed by atoms with E-state index in [-0.39, 0.29) is 17.6 Å². The molecule has 0 N–H and O–H groups in total. The van der Waals surface area contributed by atoms with Crippen molar-refractivity contribution in [3.8, 4) is 11.8 Å². The number of likely N-dealkylation sites (tertiary alicyclic amines) is 1. The molecule has 1 aliphatic carbocycles. The lowest BCUT2D eigenvalue weighted by Crippen LogP contribution is -2.33. The molecule has 0 bridgehead atoms. The molecule has 26 heavy (non-hydrogen) atoms. The molecule has 0 radical (unpaired) electrons. The van der Waals surface area contributed by atoms with Crippen LogP contribution in [0.4, 0.5) is 4.39 Å². The first-order valence-electron chi connectivity index (χ1n) is 9.14. The van der Waals surface area contributed by atoms with Gasteiger partial charge in [0, 0.05) is 30.4 Å². The van der Waals surface area contributed by atoms with Crippen molar-refractivity contribution in [2.45, 2.75) is 37.6 Å². The summed E-state index contributed by atoms with van der Waals surface area (Å²) < 4.78 is 12.9. The molecule has 1 saturated carbocycles. The summed E-state index contributed by atoms with van der Waals surface area (Å²) in [4.78, 5) is 19.2. The summed E-state index contributed by atoms with van der Waals surface area (Å²) in [7, 11) is 1.92. The third kappa shape index (κ3) is 3.10. The highest BCUT2D eigenvalue weighted by Crippen LogP contribution is 2.44. The number of likely N-dealkylation sites (N-methyl/N-ethyl adjacent to an activating group) is 1. The van der Waals surface area contributed by atoms with Crippen LogP contribution in [0.25, 0.3) is 0 Å². The van der Waals surface area contributed by atoms with Gasteiger partial charge >= 0.3 is 0 Å². The van der Waals surface area contributed by atoms with Crippen LogP contribution in [0.3, 0.4) is 0 Å². The van der Waals surface area contributed by atoms with E-state index in [2.05, 4.69) is 16.8 Å². The molecule has 4 heteroatoms. The summed E-state index contributed by atoms with van der Waals surface area (Å²) in [6.45, 7) is 0. The fraction of sp³-hybridized carbons (Fsp3) is 0.364. The van der Waals surface area contributed by atoms with Gasteiger partial charge < -0.3 is 4.90 Å². The number of hydrogen-bond acceptors (Lipinski definition) is 2. The zero-order valence-corrected chi connectivity index (χ0v) is 14.8. The Bertz CT molecular complexity index is 864. The number of fused-ring (bicyclic) bond motifs is 1. The summed E-state index contributed by atoms with van der Waals surface area (Å²) >= 11 is 0. The largest absolute Gasteiger partial charge is 0.342 e. The van der Waals surface area contributed by atoms with E-state index in [4.69, 9.17) is 0 Å². The van der Waals surface area contributed by atoms with E-state index in [9.17, 15) is 9.18 Å². The lowest BCUT2D eigenvalue weighted by Gasteiger charge is -2.29. The molecular weight excluding hydrogens is 327 g/mol. The Labute approximate surface area is 153 Å². The van der Waals surface area contributed by atoms with Gasteiger partial charge in [0.1, 0.15) is 5.82 Å². The molecule has 2 unspecified atom stereocenters. The summed E-state index contributed by atoms with van der Waals surface area (Å²) in [5.74, 6) is 6.23. The average molecular weight is 348 g/mol. The van der Waals surface area contributed by atoms with Gasteiger partial charge in [0.2, 0.25) is 5.91 Å². The molecule has 4 rings (SSSR count). The molecule has 2 aliphatic rings. The van der Waals surface area contributed by atoms with E-state index in [1.807, 2.05) is 24.1 Å². The lowest BCUT2D eigenvalue weighted by molar-refractivity contribution is -0.128. The predicted molar refractivity (Wildman–Crippen MR) is 97.9 cm³/mol. The van der Waals surface area contributed by atoms with Gasteiger partial charge in [0.05, 0.1) is 11.6 Å². The smallest absolute Gasteiger partial charge is 0.232 e. The quantitative estimate of drug-likeness (QED) is 0.736. The SMILES string of the molecule is CN1C(=O)[C@@H](c2ccc(C#Cc3ccc(F)cc3)cn2)C2CCCCC21. The van der Waals surface area contributed by atoms with Crippen molar-refractivity contribution in [3.05, 3.63) is 65.2 Å². The van der Waals surface area contributed by atoms with Crippen molar-refractivity contribution in [1.82, 2.24) is 9.88 Å². The van der Waals surface area contributed by atoms with Gasteiger partial charge in [-0.1, -0.05) is 24.7 Å². The lowest BCUT2D eigenvalue weighted by atomic mass is 9.78. The first-order chi connectivity index (χ1) is 12.6. The number of carbonyl (C=O) groups excluding carboxylic acids is 1. The van der Waals surface area contributed by atoms with Crippen LogP contribution in [0.15, 0.2) is 42.6 Å². The van der Waals surface area contributed by atoms with Gasteiger partial charge in [-0.05, 0) is 55.2 Å². The summed E-state index contributed by atoms with van der Waals surface area (Å²) in [5, 5.41) is 0. The average Bonchev–Trinajstić information content (AvgIpc) is 2.93. The van der Waals surface area contributed by atoms with Gasteiger partial charge in [0.25, 0.3) is 0 Å². The summed E-state index contributed by atoms with van der Waals surface area (Å²) in [6.07, 6.45) is 6.33. The third-order valence-corrected chi connectivity index (χ3v) is 5.62. The van der Waals surface area contributed by atoms with Crippen LogP contribution >= 0.6 is 0 Å². The second-order valence-electron chi connectivity index (χ2n) is 7.17. The number of nitrogens with zero attached hydrogens (tertiary/aromatic N) is 2. The molecule has 1 aromatic carbocycles. The molecule has 3 atom stereocenters. The molecule has 1 saturated heterocycles. The number of amides is 1. The maximum absolute atomic E-state index is 12.9. The van der Waals surface area contributed by atoms with Crippen molar-refractivity contribution in [3.63, 3.8) is 0 Å². The molecular formula is C22H21FN2O. The number of pyridine rings is 1. The van der Waals surface area contributed by atoms with E-state index in [0.29, 0.717) is 12.0 Å². The Kier molecular flexibility index (Phi) is 4.46. The van der Waals surface area contributed by atoms with Crippen molar-refractivity contribution in [2.75, 3.05) is 7.05 Å². The molecule has 0 spiro atoms. The van der Waals surface area contributed by atoms with Crippen LogP contribution in [0.2, 0.25) is 0 Å². The fourth-order valence-electron chi connectivity index (χ4n) is 4.26. The molecule has 1 amide bonds. The highest BCUT2D eigenvalue weighted by atomic mass is 19.1. The highest BCUT2D eigenvalue weighted by Gasteiger charge is 2.48. The maximum atomic E-state index is 12.9. The van der Waals surface area contributed by atoms with E-state index in [0.717, 1.165) is 29.7 Å². The van der Waals surface area contributed by atoms with Gasteiger partial charge in [-0.2, -0.15) is 0 Å². The number of benzene rings is 1. The minimum absolute atomic E-state index is 0.121. The monoisotopic (exact) mass is 348 g/mol. The van der Waals surface area contributed by atoms with Crippen molar-refractivity contribution in [1.29, 1.82) is 0 Å². The molecule has 1 aliphatic heterocycles. The number of halogens is 1.